The largest absolute Gasteiger partial charge is 0.354 e. The van der Waals surface area contributed by atoms with Gasteiger partial charge >= 0.3 is 0 Å². The highest BCUT2D eigenvalue weighted by Crippen LogP contribution is 2.39. The Labute approximate surface area is 140 Å². The number of aromatic nitrogens is 2. The zero-order chi connectivity index (χ0) is 17.2. The third kappa shape index (κ3) is 4.12. The molecule has 0 spiro atoms. The topological polar surface area (TPSA) is 116 Å². The van der Waals surface area contributed by atoms with Crippen molar-refractivity contribution in [2.45, 2.75) is 30.6 Å². The van der Waals surface area contributed by atoms with Gasteiger partial charge in [-0.05, 0) is 44.0 Å². The molecule has 8 nitrogen and oxygen atoms in total. The van der Waals surface area contributed by atoms with Gasteiger partial charge < -0.3 is 5.32 Å². The molecule has 1 aliphatic carbocycles. The first kappa shape index (κ1) is 16.5. The van der Waals surface area contributed by atoms with Crippen molar-refractivity contribution in [3.05, 3.63) is 36.0 Å². The zero-order valence-corrected chi connectivity index (χ0v) is 14.0. The quantitative estimate of drug-likeness (QED) is 0.445. The Hall–Kier alpha value is -2.39. The van der Waals surface area contributed by atoms with Gasteiger partial charge in [0.15, 0.2) is 0 Å². The molecule has 1 fully saturated rings. The van der Waals surface area contributed by atoms with Crippen LogP contribution in [0.5, 0.6) is 0 Å². The SMILES string of the molecule is CCNc1nc(NNc2ccc(S(=O)(=O)O)cc2)cc(C2CC2)n1. The Bertz CT molecular complexity index is 820. The van der Waals surface area contributed by atoms with Gasteiger partial charge in [-0.2, -0.15) is 13.4 Å². The normalized spacial score (nSPS) is 14.2. The van der Waals surface area contributed by atoms with Crippen LogP contribution in [0.15, 0.2) is 35.2 Å². The number of hydrogen-bond acceptors (Lipinski definition) is 7. The van der Waals surface area contributed by atoms with Gasteiger partial charge in [0.25, 0.3) is 10.1 Å². The molecule has 24 heavy (non-hydrogen) atoms. The first-order chi connectivity index (χ1) is 11.5. The molecule has 0 radical (unpaired) electrons. The molecule has 0 saturated heterocycles. The van der Waals surface area contributed by atoms with Crippen LogP contribution in [-0.4, -0.2) is 29.5 Å². The average Bonchev–Trinajstić information content (AvgIpc) is 3.37. The molecule has 128 valence electrons. The molecule has 1 heterocycles. The maximum atomic E-state index is 11.0. The summed E-state index contributed by atoms with van der Waals surface area (Å²) < 4.78 is 31.0. The van der Waals surface area contributed by atoms with Crippen molar-refractivity contribution in [2.24, 2.45) is 0 Å². The summed E-state index contributed by atoms with van der Waals surface area (Å²) in [4.78, 5) is 8.72. The standard InChI is InChI=1S/C15H19N5O3S/c1-2-16-15-17-13(10-3-4-10)9-14(18-15)20-19-11-5-7-12(8-6-11)24(21,22)23/h5-10,19H,2-4H2,1H3,(H,21,22,23)(H2,16,17,18,20). The monoisotopic (exact) mass is 349 g/mol. The highest BCUT2D eigenvalue weighted by atomic mass is 32.2. The third-order valence-corrected chi connectivity index (χ3v) is 4.43. The molecule has 0 atom stereocenters. The van der Waals surface area contributed by atoms with E-state index in [2.05, 4.69) is 26.1 Å². The van der Waals surface area contributed by atoms with E-state index in [0.717, 1.165) is 25.1 Å². The molecule has 0 unspecified atom stereocenters. The van der Waals surface area contributed by atoms with Crippen molar-refractivity contribution in [3.63, 3.8) is 0 Å². The maximum Gasteiger partial charge on any atom is 0.294 e. The van der Waals surface area contributed by atoms with Crippen LogP contribution < -0.4 is 16.2 Å². The Balaban J connectivity index is 1.71. The van der Waals surface area contributed by atoms with E-state index in [9.17, 15) is 8.42 Å². The smallest absolute Gasteiger partial charge is 0.294 e. The van der Waals surface area contributed by atoms with Crippen molar-refractivity contribution >= 4 is 27.6 Å². The van der Waals surface area contributed by atoms with Gasteiger partial charge in [-0.1, -0.05) is 0 Å². The molecule has 3 rings (SSSR count). The molecule has 1 aromatic carbocycles. The predicted molar refractivity (Wildman–Crippen MR) is 91.7 cm³/mol. The fourth-order valence-electron chi connectivity index (χ4n) is 2.20. The van der Waals surface area contributed by atoms with Crippen molar-refractivity contribution in [1.82, 2.24) is 9.97 Å². The molecule has 2 aromatic rings. The fraction of sp³-hybridized carbons (Fsp3) is 0.333. The van der Waals surface area contributed by atoms with Gasteiger partial charge in [0.1, 0.15) is 5.82 Å². The summed E-state index contributed by atoms with van der Waals surface area (Å²) in [5, 5.41) is 3.11. The number of nitrogens with one attached hydrogen (secondary N) is 3. The Morgan fingerprint density at radius 3 is 2.46 bits per heavy atom. The molecular formula is C15H19N5O3S. The molecule has 4 N–H and O–H groups in total. The highest BCUT2D eigenvalue weighted by Gasteiger charge is 2.26. The summed E-state index contributed by atoms with van der Waals surface area (Å²) in [5.41, 5.74) is 7.58. The van der Waals surface area contributed by atoms with Gasteiger partial charge in [0.05, 0.1) is 16.3 Å². The van der Waals surface area contributed by atoms with Gasteiger partial charge in [-0.25, -0.2) is 4.98 Å². The van der Waals surface area contributed by atoms with Gasteiger partial charge in [-0.3, -0.25) is 15.4 Å². The summed E-state index contributed by atoms with van der Waals surface area (Å²) >= 11 is 0. The molecule has 0 bridgehead atoms. The minimum Gasteiger partial charge on any atom is -0.354 e. The molecule has 9 heteroatoms. The second kappa shape index (κ2) is 6.62. The molecule has 0 aliphatic heterocycles. The zero-order valence-electron chi connectivity index (χ0n) is 13.2. The van der Waals surface area contributed by atoms with Crippen LogP contribution in [0.4, 0.5) is 17.5 Å². The lowest BCUT2D eigenvalue weighted by atomic mass is 10.3. The third-order valence-electron chi connectivity index (χ3n) is 3.56. The number of hydrogen-bond donors (Lipinski definition) is 4. The van der Waals surface area contributed by atoms with Crippen LogP contribution in [0.25, 0.3) is 0 Å². The molecule has 1 aliphatic rings. The summed E-state index contributed by atoms with van der Waals surface area (Å²) in [6.07, 6.45) is 2.29. The number of nitrogens with zero attached hydrogens (tertiary/aromatic N) is 2. The van der Waals surface area contributed by atoms with Crippen LogP contribution in [0.1, 0.15) is 31.4 Å². The fourth-order valence-corrected chi connectivity index (χ4v) is 2.68. The van der Waals surface area contributed by atoms with E-state index in [1.165, 1.54) is 12.1 Å². The molecule has 1 saturated carbocycles. The van der Waals surface area contributed by atoms with E-state index in [1.54, 1.807) is 12.1 Å². The van der Waals surface area contributed by atoms with E-state index in [-0.39, 0.29) is 4.90 Å². The Kier molecular flexibility index (Phi) is 4.54. The first-order valence-corrected chi connectivity index (χ1v) is 9.12. The van der Waals surface area contributed by atoms with Crippen molar-refractivity contribution in [2.75, 3.05) is 22.7 Å². The number of rotatable bonds is 7. The maximum absolute atomic E-state index is 11.0. The average molecular weight is 349 g/mol. The highest BCUT2D eigenvalue weighted by molar-refractivity contribution is 7.85. The van der Waals surface area contributed by atoms with Crippen molar-refractivity contribution in [3.8, 4) is 0 Å². The molecule has 1 aromatic heterocycles. The second-order valence-corrected chi connectivity index (χ2v) is 6.98. The summed E-state index contributed by atoms with van der Waals surface area (Å²) in [5.74, 6) is 1.70. The van der Waals surface area contributed by atoms with Crippen molar-refractivity contribution in [1.29, 1.82) is 0 Å². The van der Waals surface area contributed by atoms with Crippen LogP contribution in [0.3, 0.4) is 0 Å². The minimum atomic E-state index is -4.18. The number of benzene rings is 1. The van der Waals surface area contributed by atoms with Gasteiger partial charge in [0, 0.05) is 18.5 Å². The van der Waals surface area contributed by atoms with E-state index >= 15 is 0 Å². The number of anilines is 3. The Morgan fingerprint density at radius 1 is 1.17 bits per heavy atom. The van der Waals surface area contributed by atoms with E-state index in [4.69, 9.17) is 4.55 Å². The van der Waals surface area contributed by atoms with E-state index in [1.807, 2.05) is 13.0 Å². The number of hydrazine groups is 1. The van der Waals surface area contributed by atoms with Gasteiger partial charge in [-0.15, -0.1) is 0 Å². The summed E-state index contributed by atoms with van der Waals surface area (Å²) in [6, 6.07) is 7.63. The first-order valence-electron chi connectivity index (χ1n) is 7.68. The lowest BCUT2D eigenvalue weighted by Crippen LogP contribution is -2.13. The molecule has 0 amide bonds. The van der Waals surface area contributed by atoms with E-state index < -0.39 is 10.1 Å². The summed E-state index contributed by atoms with van der Waals surface area (Å²) in [6.45, 7) is 2.72. The predicted octanol–water partition coefficient (Wildman–Crippen LogP) is 2.47. The van der Waals surface area contributed by atoms with Crippen molar-refractivity contribution < 1.29 is 13.0 Å². The van der Waals surface area contributed by atoms with Crippen LogP contribution in [-0.2, 0) is 10.1 Å². The van der Waals surface area contributed by atoms with Gasteiger partial charge in [0.2, 0.25) is 5.95 Å². The van der Waals surface area contributed by atoms with E-state index in [0.29, 0.717) is 23.4 Å². The summed E-state index contributed by atoms with van der Waals surface area (Å²) in [7, 11) is -4.18. The van der Waals surface area contributed by atoms with Crippen LogP contribution >= 0.6 is 0 Å². The minimum absolute atomic E-state index is 0.152. The lowest BCUT2D eigenvalue weighted by Gasteiger charge is -2.12. The van der Waals surface area contributed by atoms with Crippen LogP contribution in [0, 0.1) is 0 Å². The lowest BCUT2D eigenvalue weighted by molar-refractivity contribution is 0.483. The Morgan fingerprint density at radius 2 is 1.88 bits per heavy atom. The molecular weight excluding hydrogens is 330 g/mol. The van der Waals surface area contributed by atoms with Crippen LogP contribution in [0.2, 0.25) is 0 Å². The second-order valence-electron chi connectivity index (χ2n) is 5.56.